The molecular weight excluding hydrogens is 316 g/mol. The van der Waals surface area contributed by atoms with Crippen molar-refractivity contribution in [3.8, 4) is 0 Å². The Bertz CT molecular complexity index is 771. The van der Waals surface area contributed by atoms with E-state index in [1.807, 2.05) is 11.6 Å². The van der Waals surface area contributed by atoms with Gasteiger partial charge in [0.2, 0.25) is 0 Å². The van der Waals surface area contributed by atoms with Gasteiger partial charge in [0.15, 0.2) is 0 Å². The Labute approximate surface area is 136 Å². The molecule has 0 radical (unpaired) electrons. The van der Waals surface area contributed by atoms with Crippen molar-refractivity contribution in [2.75, 3.05) is 24.6 Å². The minimum absolute atomic E-state index is 0.0306. The fourth-order valence-corrected chi connectivity index (χ4v) is 4.31. The minimum Gasteiger partial charge on any atom is -0.367 e. The number of thiazole rings is 1. The zero-order valence-corrected chi connectivity index (χ0v) is 13.9. The summed E-state index contributed by atoms with van der Waals surface area (Å²) in [5.74, 6) is 1.02. The number of fused-ring (bicyclic) bond motifs is 1. The van der Waals surface area contributed by atoms with Gasteiger partial charge in [-0.15, -0.1) is 22.7 Å². The lowest BCUT2D eigenvalue weighted by atomic mass is 10.2. The lowest BCUT2D eigenvalue weighted by molar-refractivity contribution is 0.0395. The van der Waals surface area contributed by atoms with Crippen molar-refractivity contribution in [3.05, 3.63) is 33.9 Å². The highest BCUT2D eigenvalue weighted by Gasteiger charge is 2.26. The second-order valence-electron chi connectivity index (χ2n) is 5.16. The van der Waals surface area contributed by atoms with E-state index < -0.39 is 0 Å². The van der Waals surface area contributed by atoms with Crippen LogP contribution in [-0.2, 0) is 11.2 Å². The summed E-state index contributed by atoms with van der Waals surface area (Å²) in [6.07, 6.45) is 4.56. The molecule has 1 atom stereocenters. The molecule has 0 aromatic carbocycles. The van der Waals surface area contributed by atoms with Gasteiger partial charge in [-0.25, -0.2) is 15.0 Å². The van der Waals surface area contributed by atoms with Gasteiger partial charge in [0.05, 0.1) is 18.5 Å². The summed E-state index contributed by atoms with van der Waals surface area (Å²) in [5, 5.41) is 4.19. The van der Waals surface area contributed by atoms with Gasteiger partial charge >= 0.3 is 0 Å². The van der Waals surface area contributed by atoms with Crippen LogP contribution in [0.3, 0.4) is 0 Å². The molecule has 1 aliphatic heterocycles. The molecule has 5 nitrogen and oxygen atoms in total. The van der Waals surface area contributed by atoms with Gasteiger partial charge < -0.3 is 9.64 Å². The molecule has 1 aliphatic rings. The summed E-state index contributed by atoms with van der Waals surface area (Å²) in [4.78, 5) is 18.1. The average Bonchev–Trinajstić information content (AvgIpc) is 3.23. The molecule has 7 heteroatoms. The maximum absolute atomic E-state index is 5.88. The second kappa shape index (κ2) is 5.91. The summed E-state index contributed by atoms with van der Waals surface area (Å²) in [6.45, 7) is 4.51. The van der Waals surface area contributed by atoms with E-state index in [1.54, 1.807) is 29.0 Å². The number of morpholine rings is 1. The van der Waals surface area contributed by atoms with Gasteiger partial charge in [-0.05, 0) is 12.5 Å². The van der Waals surface area contributed by atoms with Crippen LogP contribution in [0.2, 0.25) is 0 Å². The summed E-state index contributed by atoms with van der Waals surface area (Å²) in [6, 6.07) is 2.23. The normalized spacial score (nSPS) is 19.0. The van der Waals surface area contributed by atoms with E-state index in [4.69, 9.17) is 4.74 Å². The Morgan fingerprint density at radius 3 is 3.14 bits per heavy atom. The quantitative estimate of drug-likeness (QED) is 0.737. The molecule has 0 amide bonds. The maximum atomic E-state index is 5.88. The second-order valence-corrected chi connectivity index (χ2v) is 7.20. The van der Waals surface area contributed by atoms with Crippen LogP contribution in [0.5, 0.6) is 0 Å². The van der Waals surface area contributed by atoms with Crippen LogP contribution in [0.15, 0.2) is 24.0 Å². The first-order chi connectivity index (χ1) is 10.8. The SMILES string of the molecule is CCc1cc2c(N3CCO[C@H](c4nccs4)C3)ncnc2s1. The molecule has 1 fully saturated rings. The first-order valence-electron chi connectivity index (χ1n) is 7.34. The molecule has 0 spiro atoms. The number of ether oxygens (including phenoxy) is 1. The van der Waals surface area contributed by atoms with E-state index in [2.05, 4.69) is 32.8 Å². The van der Waals surface area contributed by atoms with E-state index in [1.165, 1.54) is 4.88 Å². The zero-order chi connectivity index (χ0) is 14.9. The first kappa shape index (κ1) is 14.0. The Morgan fingerprint density at radius 1 is 1.36 bits per heavy atom. The first-order valence-corrected chi connectivity index (χ1v) is 9.04. The van der Waals surface area contributed by atoms with Crippen molar-refractivity contribution in [1.29, 1.82) is 0 Å². The van der Waals surface area contributed by atoms with Gasteiger partial charge in [-0.3, -0.25) is 0 Å². The molecule has 22 heavy (non-hydrogen) atoms. The van der Waals surface area contributed by atoms with Gasteiger partial charge in [-0.2, -0.15) is 0 Å². The van der Waals surface area contributed by atoms with E-state index in [9.17, 15) is 0 Å². The Hall–Kier alpha value is -1.57. The Kier molecular flexibility index (Phi) is 3.77. The van der Waals surface area contributed by atoms with E-state index in [0.717, 1.165) is 40.6 Å². The van der Waals surface area contributed by atoms with Crippen molar-refractivity contribution in [2.45, 2.75) is 19.4 Å². The summed E-state index contributed by atoms with van der Waals surface area (Å²) in [7, 11) is 0. The number of hydrogen-bond donors (Lipinski definition) is 0. The Balaban J connectivity index is 1.67. The van der Waals surface area contributed by atoms with Crippen molar-refractivity contribution in [2.24, 2.45) is 0 Å². The number of hydrogen-bond acceptors (Lipinski definition) is 7. The molecule has 0 bridgehead atoms. The van der Waals surface area contributed by atoms with Crippen molar-refractivity contribution in [1.82, 2.24) is 15.0 Å². The number of nitrogens with zero attached hydrogens (tertiary/aromatic N) is 4. The number of thiophene rings is 1. The number of aromatic nitrogens is 3. The molecular formula is C15H16N4OS2. The van der Waals surface area contributed by atoms with Crippen molar-refractivity contribution >= 4 is 38.7 Å². The predicted octanol–water partition coefficient (Wildman–Crippen LogP) is 3.29. The monoisotopic (exact) mass is 332 g/mol. The molecule has 0 N–H and O–H groups in total. The van der Waals surface area contributed by atoms with Gasteiger partial charge in [0, 0.05) is 23.0 Å². The van der Waals surface area contributed by atoms with Gasteiger partial charge in [0.25, 0.3) is 0 Å². The molecule has 3 aromatic rings. The summed E-state index contributed by atoms with van der Waals surface area (Å²) < 4.78 is 5.88. The van der Waals surface area contributed by atoms with E-state index in [-0.39, 0.29) is 6.10 Å². The fraction of sp³-hybridized carbons (Fsp3) is 0.400. The third-order valence-corrected chi connectivity index (χ3v) is 5.86. The highest BCUT2D eigenvalue weighted by Crippen LogP contribution is 2.33. The number of rotatable bonds is 3. The zero-order valence-electron chi connectivity index (χ0n) is 12.2. The Morgan fingerprint density at radius 2 is 2.32 bits per heavy atom. The molecule has 4 heterocycles. The molecule has 1 saturated heterocycles. The van der Waals surface area contributed by atoms with Crippen LogP contribution in [-0.4, -0.2) is 34.6 Å². The summed E-state index contributed by atoms with van der Waals surface area (Å²) in [5.41, 5.74) is 0. The smallest absolute Gasteiger partial charge is 0.140 e. The lowest BCUT2D eigenvalue weighted by Crippen LogP contribution is -2.38. The van der Waals surface area contributed by atoms with Crippen LogP contribution in [0.4, 0.5) is 5.82 Å². The number of aryl methyl sites for hydroxylation is 1. The van der Waals surface area contributed by atoms with Crippen LogP contribution < -0.4 is 4.90 Å². The molecule has 0 saturated carbocycles. The van der Waals surface area contributed by atoms with Gasteiger partial charge in [0.1, 0.15) is 28.1 Å². The van der Waals surface area contributed by atoms with Crippen LogP contribution in [0.25, 0.3) is 10.2 Å². The van der Waals surface area contributed by atoms with Crippen molar-refractivity contribution < 1.29 is 4.74 Å². The number of anilines is 1. The van der Waals surface area contributed by atoms with E-state index in [0.29, 0.717) is 6.61 Å². The topological polar surface area (TPSA) is 51.1 Å². The molecule has 114 valence electrons. The van der Waals surface area contributed by atoms with Crippen LogP contribution in [0.1, 0.15) is 22.9 Å². The minimum atomic E-state index is 0.0306. The third kappa shape index (κ3) is 2.49. The molecule has 3 aromatic heterocycles. The standard InChI is InChI=1S/C15H16N4OS2/c1-2-10-7-11-13(17-9-18-14(11)22-10)19-4-5-20-12(8-19)15-16-3-6-21-15/h3,6-7,9,12H,2,4-5,8H2,1H3/t12-/m0/s1. The highest BCUT2D eigenvalue weighted by atomic mass is 32.1. The fourth-order valence-electron chi connectivity index (χ4n) is 2.70. The maximum Gasteiger partial charge on any atom is 0.140 e. The highest BCUT2D eigenvalue weighted by molar-refractivity contribution is 7.18. The molecule has 0 aliphatic carbocycles. The van der Waals surface area contributed by atoms with Crippen molar-refractivity contribution in [3.63, 3.8) is 0 Å². The average molecular weight is 332 g/mol. The molecule has 0 unspecified atom stereocenters. The lowest BCUT2D eigenvalue weighted by Gasteiger charge is -2.33. The predicted molar refractivity (Wildman–Crippen MR) is 89.8 cm³/mol. The summed E-state index contributed by atoms with van der Waals surface area (Å²) >= 11 is 3.40. The van der Waals surface area contributed by atoms with E-state index >= 15 is 0 Å². The van der Waals surface area contributed by atoms with Gasteiger partial charge in [-0.1, -0.05) is 6.92 Å². The molecule has 4 rings (SSSR count). The largest absolute Gasteiger partial charge is 0.367 e. The third-order valence-electron chi connectivity index (χ3n) is 3.80. The van der Waals surface area contributed by atoms with Crippen LogP contribution >= 0.6 is 22.7 Å². The van der Waals surface area contributed by atoms with Crippen LogP contribution in [0, 0.1) is 0 Å².